The molecule has 2 aromatic heterocycles. The summed E-state index contributed by atoms with van der Waals surface area (Å²) in [6.07, 6.45) is 1.87. The number of fused-ring (bicyclic) bond motifs is 2. The fourth-order valence-corrected chi connectivity index (χ4v) is 6.51. The van der Waals surface area contributed by atoms with Gasteiger partial charge in [0.15, 0.2) is 4.80 Å². The predicted octanol–water partition coefficient (Wildman–Crippen LogP) is 4.75. The van der Waals surface area contributed by atoms with Crippen molar-refractivity contribution in [1.82, 2.24) is 9.13 Å². The molecule has 1 atom stereocenters. The van der Waals surface area contributed by atoms with Crippen LogP contribution < -0.4 is 14.9 Å². The molecule has 3 heterocycles. The lowest BCUT2D eigenvalue weighted by atomic mass is 9.93. The van der Waals surface area contributed by atoms with Gasteiger partial charge in [0.05, 0.1) is 35.1 Å². The molecule has 0 amide bonds. The van der Waals surface area contributed by atoms with E-state index in [4.69, 9.17) is 14.5 Å². The molecule has 2 aromatic carbocycles. The summed E-state index contributed by atoms with van der Waals surface area (Å²) in [6, 6.07) is 15.1. The van der Waals surface area contributed by atoms with Crippen molar-refractivity contribution in [3.05, 3.63) is 102 Å². The molecular formula is C33H35N3O5S. The number of ether oxygens (including phenoxy) is 2. The Morgan fingerprint density at radius 1 is 1.02 bits per heavy atom. The summed E-state index contributed by atoms with van der Waals surface area (Å²) in [5, 5.41) is 0.925. The van der Waals surface area contributed by atoms with Gasteiger partial charge >= 0.3 is 11.9 Å². The first-order chi connectivity index (χ1) is 20.2. The zero-order chi connectivity index (χ0) is 30.1. The predicted molar refractivity (Wildman–Crippen MR) is 164 cm³/mol. The highest BCUT2D eigenvalue weighted by Gasteiger charge is 2.33. The van der Waals surface area contributed by atoms with Crippen LogP contribution in [0.15, 0.2) is 69.6 Å². The lowest BCUT2D eigenvalue weighted by Crippen LogP contribution is -2.40. The Labute approximate surface area is 248 Å². The van der Waals surface area contributed by atoms with Gasteiger partial charge in [0.2, 0.25) is 0 Å². The minimum absolute atomic E-state index is 0.0732. The van der Waals surface area contributed by atoms with Crippen molar-refractivity contribution in [2.24, 2.45) is 4.99 Å². The van der Waals surface area contributed by atoms with Crippen molar-refractivity contribution >= 4 is 40.3 Å². The molecule has 1 aliphatic rings. The molecule has 218 valence electrons. The van der Waals surface area contributed by atoms with Crippen molar-refractivity contribution in [3.63, 3.8) is 0 Å². The summed E-state index contributed by atoms with van der Waals surface area (Å²) in [5.74, 6) is -0.460. The number of hydrogen-bond acceptors (Lipinski definition) is 7. The van der Waals surface area contributed by atoms with Crippen LogP contribution in [-0.4, -0.2) is 34.3 Å². The van der Waals surface area contributed by atoms with E-state index in [1.807, 2.05) is 66.1 Å². The Morgan fingerprint density at radius 2 is 1.71 bits per heavy atom. The number of benzene rings is 2. The van der Waals surface area contributed by atoms with Gasteiger partial charge in [-0.05, 0) is 56.9 Å². The van der Waals surface area contributed by atoms with Gasteiger partial charge in [-0.3, -0.25) is 14.2 Å². The molecule has 0 spiro atoms. The van der Waals surface area contributed by atoms with E-state index >= 15 is 0 Å². The van der Waals surface area contributed by atoms with Gasteiger partial charge in [-0.25, -0.2) is 9.79 Å². The smallest absolute Gasteiger partial charge is 0.338 e. The van der Waals surface area contributed by atoms with Gasteiger partial charge in [0.25, 0.3) is 5.56 Å². The molecule has 0 radical (unpaired) electrons. The van der Waals surface area contributed by atoms with Crippen LogP contribution in [0.3, 0.4) is 0 Å². The maximum atomic E-state index is 14.2. The van der Waals surface area contributed by atoms with Crippen molar-refractivity contribution in [2.75, 3.05) is 13.2 Å². The first-order valence-corrected chi connectivity index (χ1v) is 15.0. The van der Waals surface area contributed by atoms with Crippen LogP contribution in [0, 0.1) is 6.92 Å². The van der Waals surface area contributed by atoms with Gasteiger partial charge in [-0.2, -0.15) is 0 Å². The Kier molecular flexibility index (Phi) is 8.31. The first kappa shape index (κ1) is 29.3. The Balaban J connectivity index is 1.71. The molecule has 0 fully saturated rings. The molecule has 4 aromatic rings. The SMILES string of the molecule is CCOC(=O)Cn1c(C)c(C=c2sc3n(c2=O)C(c2ccc(C(C)C)cc2)C(C(=O)OCC)=C(C)N=3)c2ccccc21. The highest BCUT2D eigenvalue weighted by molar-refractivity contribution is 7.07. The van der Waals surface area contributed by atoms with Crippen molar-refractivity contribution in [2.45, 2.75) is 60.0 Å². The number of allylic oxidation sites excluding steroid dienone is 1. The summed E-state index contributed by atoms with van der Waals surface area (Å²) >= 11 is 1.28. The number of nitrogens with zero attached hydrogens (tertiary/aromatic N) is 3. The molecule has 1 unspecified atom stereocenters. The second-order valence-electron chi connectivity index (χ2n) is 10.5. The third-order valence-electron chi connectivity index (χ3n) is 7.58. The molecule has 0 saturated carbocycles. The summed E-state index contributed by atoms with van der Waals surface area (Å²) in [5.41, 5.74) is 5.19. The number of thiazole rings is 1. The number of carbonyl (C=O) groups is 2. The molecule has 5 rings (SSSR count). The molecule has 0 aliphatic carbocycles. The number of para-hydroxylation sites is 1. The number of rotatable bonds is 8. The summed E-state index contributed by atoms with van der Waals surface area (Å²) in [7, 11) is 0. The minimum atomic E-state index is -0.671. The fraction of sp³-hybridized carbons (Fsp3) is 0.333. The second kappa shape index (κ2) is 11.9. The number of esters is 2. The summed E-state index contributed by atoms with van der Waals surface area (Å²) in [4.78, 5) is 45.0. The van der Waals surface area contributed by atoms with Crippen LogP contribution in [0.1, 0.15) is 69.0 Å². The van der Waals surface area contributed by atoms with E-state index in [1.165, 1.54) is 16.9 Å². The van der Waals surface area contributed by atoms with Crippen LogP contribution in [0.5, 0.6) is 0 Å². The largest absolute Gasteiger partial charge is 0.465 e. The van der Waals surface area contributed by atoms with Crippen LogP contribution in [0.25, 0.3) is 17.0 Å². The molecule has 8 nitrogen and oxygen atoms in total. The third kappa shape index (κ3) is 5.25. The summed E-state index contributed by atoms with van der Waals surface area (Å²) in [6.45, 7) is 12.1. The van der Waals surface area contributed by atoms with Crippen LogP contribution in [0.4, 0.5) is 0 Å². The third-order valence-corrected chi connectivity index (χ3v) is 8.57. The molecule has 0 saturated heterocycles. The van der Waals surface area contributed by atoms with Gasteiger partial charge in [0, 0.05) is 22.2 Å². The molecular weight excluding hydrogens is 550 g/mol. The van der Waals surface area contributed by atoms with E-state index in [0.29, 0.717) is 33.1 Å². The Hall–Kier alpha value is -4.24. The van der Waals surface area contributed by atoms with E-state index in [0.717, 1.165) is 27.7 Å². The minimum Gasteiger partial charge on any atom is -0.465 e. The topological polar surface area (TPSA) is 91.9 Å². The van der Waals surface area contributed by atoms with E-state index in [9.17, 15) is 14.4 Å². The standard InChI is InChI=1S/C33H35N3O5S/c1-7-40-28(37)18-35-21(6)25(24-11-9-10-12-26(24)35)17-27-31(38)36-30(23-15-13-22(14-16-23)19(3)4)29(32(39)41-8-2)20(5)34-33(36)42-27/h9-17,19,30H,7-8,18H2,1-6H3. The van der Waals surface area contributed by atoms with E-state index in [-0.39, 0.29) is 24.7 Å². The van der Waals surface area contributed by atoms with Crippen LogP contribution >= 0.6 is 11.3 Å². The van der Waals surface area contributed by atoms with Crippen molar-refractivity contribution in [1.29, 1.82) is 0 Å². The summed E-state index contributed by atoms with van der Waals surface area (Å²) < 4.78 is 14.6. The van der Waals surface area contributed by atoms with Gasteiger partial charge in [-0.15, -0.1) is 0 Å². The number of aromatic nitrogens is 2. The quantitative estimate of drug-likeness (QED) is 0.279. The lowest BCUT2D eigenvalue weighted by molar-refractivity contribution is -0.143. The maximum Gasteiger partial charge on any atom is 0.338 e. The number of hydrogen-bond donors (Lipinski definition) is 0. The van der Waals surface area contributed by atoms with Crippen molar-refractivity contribution < 1.29 is 19.1 Å². The number of carbonyl (C=O) groups excluding carboxylic acids is 2. The average Bonchev–Trinajstić information content (AvgIpc) is 3.41. The highest BCUT2D eigenvalue weighted by atomic mass is 32.1. The van der Waals surface area contributed by atoms with Gasteiger partial charge in [0.1, 0.15) is 6.54 Å². The van der Waals surface area contributed by atoms with E-state index < -0.39 is 12.0 Å². The molecule has 42 heavy (non-hydrogen) atoms. The fourth-order valence-electron chi connectivity index (χ4n) is 5.48. The van der Waals surface area contributed by atoms with Gasteiger partial charge in [-0.1, -0.05) is 67.6 Å². The van der Waals surface area contributed by atoms with E-state index in [2.05, 4.69) is 13.8 Å². The zero-order valence-corrected chi connectivity index (χ0v) is 25.6. The van der Waals surface area contributed by atoms with E-state index in [1.54, 1.807) is 25.3 Å². The normalized spacial score (nSPS) is 15.2. The first-order valence-electron chi connectivity index (χ1n) is 14.2. The second-order valence-corrected chi connectivity index (χ2v) is 11.5. The Bertz CT molecular complexity index is 1890. The highest BCUT2D eigenvalue weighted by Crippen LogP contribution is 2.32. The molecule has 0 N–H and O–H groups in total. The Morgan fingerprint density at radius 3 is 2.38 bits per heavy atom. The van der Waals surface area contributed by atoms with Crippen LogP contribution in [0.2, 0.25) is 0 Å². The lowest BCUT2D eigenvalue weighted by Gasteiger charge is -2.25. The maximum absolute atomic E-state index is 14.2. The monoisotopic (exact) mass is 585 g/mol. The molecule has 1 aliphatic heterocycles. The van der Waals surface area contributed by atoms with Gasteiger partial charge < -0.3 is 14.0 Å². The zero-order valence-electron chi connectivity index (χ0n) is 24.8. The van der Waals surface area contributed by atoms with Crippen LogP contribution in [-0.2, 0) is 25.6 Å². The van der Waals surface area contributed by atoms with Crippen molar-refractivity contribution in [3.8, 4) is 0 Å². The molecule has 0 bridgehead atoms. The molecule has 9 heteroatoms. The average molecular weight is 586 g/mol.